The molecule has 0 spiro atoms. The van der Waals surface area contributed by atoms with Gasteiger partial charge in [0.15, 0.2) is 22.5 Å². The molecule has 29 heavy (non-hydrogen) atoms. The van der Waals surface area contributed by atoms with Crippen molar-refractivity contribution in [3.8, 4) is 16.5 Å². The van der Waals surface area contributed by atoms with E-state index in [0.29, 0.717) is 18.2 Å². The van der Waals surface area contributed by atoms with E-state index < -0.39 is 5.82 Å². The maximum Gasteiger partial charge on any atom is 0.233 e. The van der Waals surface area contributed by atoms with Gasteiger partial charge in [-0.15, -0.1) is 21.5 Å². The Hall–Kier alpha value is -2.39. The summed E-state index contributed by atoms with van der Waals surface area (Å²) in [6.07, 6.45) is 2.22. The normalized spacial score (nSPS) is 13.5. The molecule has 0 atom stereocenters. The van der Waals surface area contributed by atoms with E-state index in [4.69, 9.17) is 4.74 Å². The maximum atomic E-state index is 13.9. The molecule has 1 aliphatic carbocycles. The second kappa shape index (κ2) is 8.54. The monoisotopic (exact) mass is 432 g/mol. The summed E-state index contributed by atoms with van der Waals surface area (Å²) in [7, 11) is 3.14. The highest BCUT2D eigenvalue weighted by Crippen LogP contribution is 2.41. The highest BCUT2D eigenvalue weighted by molar-refractivity contribution is 7.99. The quantitative estimate of drug-likeness (QED) is 0.498. The molecule has 152 valence electrons. The summed E-state index contributed by atoms with van der Waals surface area (Å²) < 4.78 is 21.0. The molecule has 0 unspecified atom stereocenters. The molecule has 4 rings (SSSR count). The van der Waals surface area contributed by atoms with Crippen molar-refractivity contribution >= 4 is 29.0 Å². The van der Waals surface area contributed by atoms with Crippen LogP contribution in [0.25, 0.3) is 10.7 Å². The van der Waals surface area contributed by atoms with Crippen molar-refractivity contribution in [3.05, 3.63) is 47.1 Å². The van der Waals surface area contributed by atoms with Crippen LogP contribution in [0.5, 0.6) is 5.75 Å². The van der Waals surface area contributed by atoms with Crippen molar-refractivity contribution in [1.29, 1.82) is 0 Å². The average molecular weight is 433 g/mol. The lowest BCUT2D eigenvalue weighted by atomic mass is 10.2. The molecule has 1 amide bonds. The van der Waals surface area contributed by atoms with Gasteiger partial charge in [0.1, 0.15) is 0 Å². The molecule has 0 saturated heterocycles. The third-order valence-corrected chi connectivity index (χ3v) is 6.50. The number of benzene rings is 1. The lowest BCUT2D eigenvalue weighted by Gasteiger charge is -2.17. The Morgan fingerprint density at radius 1 is 1.38 bits per heavy atom. The number of thioether (sulfide) groups is 1. The lowest BCUT2D eigenvalue weighted by Crippen LogP contribution is -2.28. The minimum absolute atomic E-state index is 0.0470. The fourth-order valence-corrected chi connectivity index (χ4v) is 4.67. The smallest absolute Gasteiger partial charge is 0.233 e. The minimum atomic E-state index is -0.432. The van der Waals surface area contributed by atoms with Gasteiger partial charge in [0.2, 0.25) is 5.91 Å². The van der Waals surface area contributed by atoms with Crippen molar-refractivity contribution in [2.75, 3.05) is 19.9 Å². The van der Waals surface area contributed by atoms with E-state index in [-0.39, 0.29) is 17.4 Å². The number of ether oxygens (including phenoxy) is 1. The number of carbonyl (C=O) groups is 1. The van der Waals surface area contributed by atoms with E-state index in [0.717, 1.165) is 28.7 Å². The summed E-state index contributed by atoms with van der Waals surface area (Å²) in [6.45, 7) is 0.329. The Kier molecular flexibility index (Phi) is 5.86. The summed E-state index contributed by atoms with van der Waals surface area (Å²) in [5.41, 5.74) is 0.713. The fraction of sp³-hybridized carbons (Fsp3) is 0.350. The number of amides is 1. The number of aromatic nitrogens is 3. The molecule has 1 saturated carbocycles. The van der Waals surface area contributed by atoms with Gasteiger partial charge in [-0.2, -0.15) is 0 Å². The van der Waals surface area contributed by atoms with Gasteiger partial charge in [0.25, 0.3) is 0 Å². The van der Waals surface area contributed by atoms with Crippen molar-refractivity contribution in [3.63, 3.8) is 0 Å². The van der Waals surface area contributed by atoms with Crippen LogP contribution in [0.15, 0.2) is 40.9 Å². The molecule has 2 aromatic heterocycles. The molecular formula is C20H21FN4O2S2. The first-order chi connectivity index (χ1) is 14.1. The SMILES string of the molecule is COc1ccc(CN(C)C(=O)CSc2nnc(-c3cccs3)n2C2CC2)cc1F. The molecule has 9 heteroatoms. The van der Waals surface area contributed by atoms with Gasteiger partial charge in [-0.05, 0) is 42.0 Å². The molecule has 3 aromatic rings. The van der Waals surface area contributed by atoms with Crippen LogP contribution in [-0.2, 0) is 11.3 Å². The minimum Gasteiger partial charge on any atom is -0.494 e. The molecule has 0 radical (unpaired) electrons. The number of nitrogens with zero attached hydrogens (tertiary/aromatic N) is 4. The number of methoxy groups -OCH3 is 1. The van der Waals surface area contributed by atoms with Crippen LogP contribution < -0.4 is 4.74 Å². The Balaban J connectivity index is 1.40. The van der Waals surface area contributed by atoms with E-state index in [1.165, 1.54) is 24.9 Å². The number of rotatable bonds is 8. The second-order valence-electron chi connectivity index (χ2n) is 6.89. The third kappa shape index (κ3) is 4.45. The Morgan fingerprint density at radius 3 is 2.86 bits per heavy atom. The average Bonchev–Trinajstić information content (AvgIpc) is 3.23. The molecule has 0 aliphatic heterocycles. The number of halogens is 1. The Labute approximate surface area is 176 Å². The van der Waals surface area contributed by atoms with Gasteiger partial charge < -0.3 is 9.64 Å². The molecule has 2 heterocycles. The van der Waals surface area contributed by atoms with Crippen molar-refractivity contribution < 1.29 is 13.9 Å². The zero-order valence-electron chi connectivity index (χ0n) is 16.2. The van der Waals surface area contributed by atoms with Gasteiger partial charge >= 0.3 is 0 Å². The highest BCUT2D eigenvalue weighted by atomic mass is 32.2. The first-order valence-corrected chi connectivity index (χ1v) is 11.1. The van der Waals surface area contributed by atoms with Crippen LogP contribution in [0.1, 0.15) is 24.4 Å². The summed E-state index contributed by atoms with van der Waals surface area (Å²) in [6, 6.07) is 9.18. The first kappa shape index (κ1) is 19.9. The van der Waals surface area contributed by atoms with Crippen LogP contribution in [0, 0.1) is 5.82 Å². The van der Waals surface area contributed by atoms with Crippen LogP contribution >= 0.6 is 23.1 Å². The molecule has 0 N–H and O–H groups in total. The van der Waals surface area contributed by atoms with Crippen LogP contribution in [0.4, 0.5) is 4.39 Å². The zero-order chi connectivity index (χ0) is 20.4. The zero-order valence-corrected chi connectivity index (χ0v) is 17.8. The van der Waals surface area contributed by atoms with Gasteiger partial charge in [0.05, 0.1) is 17.7 Å². The lowest BCUT2D eigenvalue weighted by molar-refractivity contribution is -0.127. The Morgan fingerprint density at radius 2 is 2.21 bits per heavy atom. The number of thiophene rings is 1. The van der Waals surface area contributed by atoms with Crippen LogP contribution in [0.2, 0.25) is 0 Å². The largest absolute Gasteiger partial charge is 0.494 e. The molecule has 0 bridgehead atoms. The summed E-state index contributed by atoms with van der Waals surface area (Å²) in [5.74, 6) is 0.844. The molecule has 1 fully saturated rings. The number of hydrogen-bond donors (Lipinski definition) is 0. The summed E-state index contributed by atoms with van der Waals surface area (Å²) >= 11 is 3.03. The van der Waals surface area contributed by atoms with Gasteiger partial charge in [-0.1, -0.05) is 23.9 Å². The van der Waals surface area contributed by atoms with E-state index >= 15 is 0 Å². The van der Waals surface area contributed by atoms with E-state index in [1.807, 2.05) is 17.5 Å². The third-order valence-electron chi connectivity index (χ3n) is 4.70. The molecule has 1 aromatic carbocycles. The Bertz CT molecular complexity index is 1000. The summed E-state index contributed by atoms with van der Waals surface area (Å²) in [5, 5.41) is 11.5. The van der Waals surface area contributed by atoms with Crippen molar-refractivity contribution in [1.82, 2.24) is 19.7 Å². The molecular weight excluding hydrogens is 411 g/mol. The van der Waals surface area contributed by atoms with E-state index in [2.05, 4.69) is 14.8 Å². The van der Waals surface area contributed by atoms with Crippen LogP contribution in [-0.4, -0.2) is 45.5 Å². The van der Waals surface area contributed by atoms with Gasteiger partial charge in [-0.25, -0.2) is 4.39 Å². The van der Waals surface area contributed by atoms with Crippen molar-refractivity contribution in [2.24, 2.45) is 0 Å². The number of carbonyl (C=O) groups excluding carboxylic acids is 1. The van der Waals surface area contributed by atoms with Crippen LogP contribution in [0.3, 0.4) is 0 Å². The fourth-order valence-electron chi connectivity index (χ4n) is 3.02. The summed E-state index contributed by atoms with van der Waals surface area (Å²) in [4.78, 5) is 15.3. The second-order valence-corrected chi connectivity index (χ2v) is 8.78. The first-order valence-electron chi connectivity index (χ1n) is 9.24. The van der Waals surface area contributed by atoms with Gasteiger partial charge in [0, 0.05) is 19.6 Å². The predicted octanol–water partition coefficient (Wildman–Crippen LogP) is 4.24. The standard InChI is InChI=1S/C20H21FN4O2S2/c1-24(11-13-5-8-16(27-2)15(21)10-13)18(26)12-29-20-23-22-19(17-4-3-9-28-17)25(20)14-6-7-14/h3-5,8-10,14H,6-7,11-12H2,1-2H3. The topological polar surface area (TPSA) is 60.2 Å². The number of hydrogen-bond acceptors (Lipinski definition) is 6. The maximum absolute atomic E-state index is 13.9. The predicted molar refractivity (Wildman–Crippen MR) is 112 cm³/mol. The molecule has 1 aliphatic rings. The highest BCUT2D eigenvalue weighted by Gasteiger charge is 2.30. The van der Waals surface area contributed by atoms with Crippen molar-refractivity contribution in [2.45, 2.75) is 30.6 Å². The van der Waals surface area contributed by atoms with Gasteiger partial charge in [-0.3, -0.25) is 9.36 Å². The molecule has 6 nitrogen and oxygen atoms in total. The van der Waals surface area contributed by atoms with E-state index in [9.17, 15) is 9.18 Å². The van der Waals surface area contributed by atoms with E-state index in [1.54, 1.807) is 35.4 Å².